The van der Waals surface area contributed by atoms with Crippen LogP contribution in [0, 0.1) is 5.82 Å². The Balaban J connectivity index is 1.26. The lowest BCUT2D eigenvalue weighted by Gasteiger charge is -2.34. The lowest BCUT2D eigenvalue weighted by Crippen LogP contribution is -2.49. The minimum absolute atomic E-state index is 0.0381. The summed E-state index contributed by atoms with van der Waals surface area (Å²) in [5, 5.41) is 0. The molecule has 3 aromatic carbocycles. The van der Waals surface area contributed by atoms with Gasteiger partial charge in [0, 0.05) is 37.9 Å². The van der Waals surface area contributed by atoms with E-state index in [0.29, 0.717) is 19.0 Å². The third kappa shape index (κ3) is 5.16. The van der Waals surface area contributed by atoms with E-state index in [1.165, 1.54) is 22.5 Å². The number of para-hydroxylation sites is 1. The van der Waals surface area contributed by atoms with Gasteiger partial charge in [-0.25, -0.2) is 22.8 Å². The van der Waals surface area contributed by atoms with Crippen LogP contribution in [0.2, 0.25) is 0 Å². The molecule has 0 amide bonds. The van der Waals surface area contributed by atoms with Crippen molar-refractivity contribution in [3.8, 4) is 22.8 Å². The molecule has 0 atom stereocenters. The van der Waals surface area contributed by atoms with E-state index >= 15 is 0 Å². The number of sulfonamides is 1. The fraction of sp³-hybridized carbons (Fsp3) is 0.154. The van der Waals surface area contributed by atoms with E-state index in [0.717, 1.165) is 28.8 Å². The molecule has 9 heteroatoms. The molecule has 0 unspecified atom stereocenters. The van der Waals surface area contributed by atoms with Gasteiger partial charge >= 0.3 is 0 Å². The van der Waals surface area contributed by atoms with Crippen molar-refractivity contribution >= 4 is 16.0 Å². The Kier molecular flexibility index (Phi) is 6.43. The van der Waals surface area contributed by atoms with Crippen molar-refractivity contribution in [1.29, 1.82) is 0 Å². The summed E-state index contributed by atoms with van der Waals surface area (Å²) in [6.07, 6.45) is 1.70. The van der Waals surface area contributed by atoms with Gasteiger partial charge in [-0.05, 0) is 60.7 Å². The van der Waals surface area contributed by atoms with Gasteiger partial charge in [0.05, 0.1) is 10.6 Å². The van der Waals surface area contributed by atoms with E-state index in [-0.39, 0.29) is 18.0 Å². The van der Waals surface area contributed by atoms with E-state index in [1.807, 2.05) is 65.6 Å². The molecule has 0 spiro atoms. The van der Waals surface area contributed by atoms with Gasteiger partial charge in [0.25, 0.3) is 0 Å². The number of hydrogen-bond acceptors (Lipinski definition) is 6. The van der Waals surface area contributed by atoms with Gasteiger partial charge < -0.3 is 9.64 Å². The van der Waals surface area contributed by atoms with Crippen molar-refractivity contribution in [3.63, 3.8) is 0 Å². The number of nitrogens with zero attached hydrogens (tertiary/aromatic N) is 4. The van der Waals surface area contributed by atoms with Gasteiger partial charge in [0.2, 0.25) is 16.0 Å². The third-order valence-electron chi connectivity index (χ3n) is 5.73. The second-order valence-electron chi connectivity index (χ2n) is 8.03. The number of piperazine rings is 1. The number of aromatic nitrogens is 2. The molecule has 1 saturated heterocycles. The number of anilines is 1. The Bertz CT molecular complexity index is 1410. The van der Waals surface area contributed by atoms with Crippen LogP contribution in [0.25, 0.3) is 11.3 Å². The van der Waals surface area contributed by atoms with Gasteiger partial charge in [0.1, 0.15) is 17.3 Å². The van der Waals surface area contributed by atoms with Gasteiger partial charge in [-0.2, -0.15) is 4.31 Å². The van der Waals surface area contributed by atoms with E-state index in [9.17, 15) is 12.8 Å². The molecule has 1 aromatic heterocycles. The highest BCUT2D eigenvalue weighted by Crippen LogP contribution is 2.26. The van der Waals surface area contributed by atoms with E-state index in [2.05, 4.69) is 4.98 Å². The van der Waals surface area contributed by atoms with Crippen molar-refractivity contribution in [2.24, 2.45) is 0 Å². The summed E-state index contributed by atoms with van der Waals surface area (Å²) in [5.74, 6) is 1.46. The molecule has 5 rings (SSSR count). The minimum atomic E-state index is -3.75. The molecule has 0 radical (unpaired) electrons. The molecule has 0 saturated carbocycles. The normalized spacial score (nSPS) is 14.6. The summed E-state index contributed by atoms with van der Waals surface area (Å²) in [4.78, 5) is 11.0. The van der Waals surface area contributed by atoms with Crippen molar-refractivity contribution in [2.75, 3.05) is 31.1 Å². The Morgan fingerprint density at radius 3 is 2.23 bits per heavy atom. The van der Waals surface area contributed by atoms with Crippen LogP contribution in [0.4, 0.5) is 10.3 Å². The first kappa shape index (κ1) is 22.9. The summed E-state index contributed by atoms with van der Waals surface area (Å²) >= 11 is 0. The molecular weight excluding hydrogens is 467 g/mol. The Morgan fingerprint density at radius 2 is 1.51 bits per heavy atom. The highest BCUT2D eigenvalue weighted by molar-refractivity contribution is 7.89. The molecule has 7 nitrogen and oxygen atoms in total. The van der Waals surface area contributed by atoms with Crippen molar-refractivity contribution in [3.05, 3.63) is 96.9 Å². The quantitative estimate of drug-likeness (QED) is 0.394. The van der Waals surface area contributed by atoms with Crippen molar-refractivity contribution in [2.45, 2.75) is 4.90 Å². The summed E-state index contributed by atoms with van der Waals surface area (Å²) in [5.41, 5.74) is 1.68. The first-order valence-electron chi connectivity index (χ1n) is 11.2. The molecule has 1 fully saturated rings. The number of halogens is 1. The van der Waals surface area contributed by atoms with Gasteiger partial charge in [0.15, 0.2) is 0 Å². The Hall–Kier alpha value is -3.82. The zero-order valence-corrected chi connectivity index (χ0v) is 19.6. The highest BCUT2D eigenvalue weighted by Gasteiger charge is 2.29. The molecule has 35 heavy (non-hydrogen) atoms. The zero-order valence-electron chi connectivity index (χ0n) is 18.8. The van der Waals surface area contributed by atoms with Crippen LogP contribution in [0.5, 0.6) is 11.5 Å². The molecule has 0 aliphatic carbocycles. The van der Waals surface area contributed by atoms with Crippen molar-refractivity contribution in [1.82, 2.24) is 14.3 Å². The molecule has 4 aromatic rings. The molecule has 1 aliphatic heterocycles. The monoisotopic (exact) mass is 490 g/mol. The zero-order chi connectivity index (χ0) is 24.3. The van der Waals surface area contributed by atoms with Crippen molar-refractivity contribution < 1.29 is 17.5 Å². The molecule has 2 heterocycles. The predicted molar refractivity (Wildman–Crippen MR) is 131 cm³/mol. The van der Waals surface area contributed by atoms with Crippen LogP contribution < -0.4 is 9.64 Å². The summed E-state index contributed by atoms with van der Waals surface area (Å²) in [6.45, 7) is 1.39. The van der Waals surface area contributed by atoms with Crippen LogP contribution in [-0.4, -0.2) is 48.9 Å². The lowest BCUT2D eigenvalue weighted by atomic mass is 10.1. The average molecular weight is 491 g/mol. The number of ether oxygens (including phenoxy) is 1. The fourth-order valence-corrected chi connectivity index (χ4v) is 5.34. The topological polar surface area (TPSA) is 75.6 Å². The standard InChI is InChI=1S/C26H23FN4O3S/c27-21-5-4-8-24(19-21)35(32,33)31-17-15-30(16-18-31)26-28-14-13-25(29-26)20-9-11-23(12-10-20)34-22-6-2-1-3-7-22/h1-14,19H,15-18H2. The van der Waals surface area contributed by atoms with Crippen LogP contribution in [0.1, 0.15) is 0 Å². The molecule has 0 bridgehead atoms. The van der Waals surface area contributed by atoms with Gasteiger partial charge in [-0.3, -0.25) is 0 Å². The lowest BCUT2D eigenvalue weighted by molar-refractivity contribution is 0.382. The first-order chi connectivity index (χ1) is 17.0. The van der Waals surface area contributed by atoms with Gasteiger partial charge in [-0.1, -0.05) is 24.3 Å². The number of hydrogen-bond donors (Lipinski definition) is 0. The van der Waals surface area contributed by atoms with E-state index in [1.54, 1.807) is 6.20 Å². The average Bonchev–Trinajstić information content (AvgIpc) is 2.90. The smallest absolute Gasteiger partial charge is 0.243 e. The first-order valence-corrected chi connectivity index (χ1v) is 12.6. The summed E-state index contributed by atoms with van der Waals surface area (Å²) < 4.78 is 46.5. The summed E-state index contributed by atoms with van der Waals surface area (Å²) in [7, 11) is -3.75. The molecule has 178 valence electrons. The fourth-order valence-electron chi connectivity index (χ4n) is 3.88. The highest BCUT2D eigenvalue weighted by atomic mass is 32.2. The predicted octanol–water partition coefficient (Wildman–Crippen LogP) is 4.59. The van der Waals surface area contributed by atoms with E-state index < -0.39 is 15.8 Å². The van der Waals surface area contributed by atoms with Gasteiger partial charge in [-0.15, -0.1) is 0 Å². The maximum atomic E-state index is 13.5. The van der Waals surface area contributed by atoms with Crippen LogP contribution in [-0.2, 0) is 10.0 Å². The SMILES string of the molecule is O=S(=O)(c1cccc(F)c1)N1CCN(c2nccc(-c3ccc(Oc4ccccc4)cc3)n2)CC1. The molecule has 0 N–H and O–H groups in total. The molecular formula is C26H23FN4O3S. The second-order valence-corrected chi connectivity index (χ2v) is 9.97. The number of benzene rings is 3. The Labute approximate surface area is 203 Å². The summed E-state index contributed by atoms with van der Waals surface area (Å²) in [6, 6.07) is 24.1. The molecule has 1 aliphatic rings. The minimum Gasteiger partial charge on any atom is -0.457 e. The van der Waals surface area contributed by atoms with Crippen LogP contribution >= 0.6 is 0 Å². The van der Waals surface area contributed by atoms with E-state index in [4.69, 9.17) is 9.72 Å². The van der Waals surface area contributed by atoms with Crippen LogP contribution in [0.3, 0.4) is 0 Å². The second kappa shape index (κ2) is 9.81. The third-order valence-corrected chi connectivity index (χ3v) is 7.62. The maximum absolute atomic E-state index is 13.5. The largest absolute Gasteiger partial charge is 0.457 e. The Morgan fingerprint density at radius 1 is 0.800 bits per heavy atom. The van der Waals surface area contributed by atoms with Crippen LogP contribution in [0.15, 0.2) is 96.0 Å². The maximum Gasteiger partial charge on any atom is 0.243 e. The number of rotatable bonds is 6.